The van der Waals surface area contributed by atoms with E-state index < -0.39 is 5.82 Å². The molecule has 0 atom stereocenters. The van der Waals surface area contributed by atoms with Gasteiger partial charge in [0, 0.05) is 35.9 Å². The van der Waals surface area contributed by atoms with Gasteiger partial charge in [0.2, 0.25) is 0 Å². The quantitative estimate of drug-likeness (QED) is 0.553. The zero-order valence-electron chi connectivity index (χ0n) is 10.2. The number of fused-ring (bicyclic) bond motifs is 2. The molecule has 0 saturated carbocycles. The summed E-state index contributed by atoms with van der Waals surface area (Å²) < 4.78 is 15.6. The molecule has 0 fully saturated rings. The molecule has 20 heavy (non-hydrogen) atoms. The SMILES string of the molecule is Nc1ncnc2[nH]cc(-c3cc(F)c4nccn4c3)c12. The van der Waals surface area contributed by atoms with Crippen molar-refractivity contribution in [3.8, 4) is 11.1 Å². The van der Waals surface area contributed by atoms with Gasteiger partial charge in [-0.05, 0) is 6.07 Å². The standard InChI is InChI=1S/C13H9FN6/c14-9-3-7(5-20-2-1-16-13(9)20)8-4-17-12-10(8)11(15)18-6-19-12/h1-6H,(H3,15,17,18,19). The van der Waals surface area contributed by atoms with E-state index in [9.17, 15) is 4.39 Å². The minimum atomic E-state index is -0.391. The number of nitrogens with two attached hydrogens (primary N) is 1. The Balaban J connectivity index is 2.06. The van der Waals surface area contributed by atoms with Gasteiger partial charge < -0.3 is 15.1 Å². The van der Waals surface area contributed by atoms with E-state index in [0.29, 0.717) is 22.4 Å². The first-order valence-corrected chi connectivity index (χ1v) is 5.94. The molecule has 0 unspecified atom stereocenters. The third-order valence-electron chi connectivity index (χ3n) is 3.25. The second-order valence-electron chi connectivity index (χ2n) is 4.42. The summed E-state index contributed by atoms with van der Waals surface area (Å²) in [4.78, 5) is 15.0. The first-order chi connectivity index (χ1) is 9.74. The molecular weight excluding hydrogens is 259 g/mol. The average Bonchev–Trinajstić information content (AvgIpc) is 3.04. The van der Waals surface area contributed by atoms with Gasteiger partial charge in [-0.2, -0.15) is 0 Å². The van der Waals surface area contributed by atoms with Crippen LogP contribution < -0.4 is 5.73 Å². The Morgan fingerprint density at radius 2 is 2.15 bits per heavy atom. The van der Waals surface area contributed by atoms with Crippen LogP contribution in [0.25, 0.3) is 27.8 Å². The maximum Gasteiger partial charge on any atom is 0.173 e. The average molecular weight is 268 g/mol. The van der Waals surface area contributed by atoms with Crippen LogP contribution in [-0.4, -0.2) is 24.3 Å². The first-order valence-electron chi connectivity index (χ1n) is 5.94. The van der Waals surface area contributed by atoms with Crippen LogP contribution in [0.3, 0.4) is 0 Å². The van der Waals surface area contributed by atoms with Crippen LogP contribution in [0.1, 0.15) is 0 Å². The highest BCUT2D eigenvalue weighted by Gasteiger charge is 2.13. The molecule has 0 aliphatic heterocycles. The number of rotatable bonds is 1. The molecule has 4 aromatic heterocycles. The molecule has 4 heterocycles. The van der Waals surface area contributed by atoms with E-state index in [1.54, 1.807) is 29.2 Å². The first kappa shape index (κ1) is 10.9. The molecule has 4 rings (SSSR count). The third-order valence-corrected chi connectivity index (χ3v) is 3.25. The van der Waals surface area contributed by atoms with Gasteiger partial charge in [0.15, 0.2) is 11.5 Å². The van der Waals surface area contributed by atoms with Gasteiger partial charge in [0.05, 0.1) is 5.39 Å². The van der Waals surface area contributed by atoms with Crippen LogP contribution in [0, 0.1) is 5.82 Å². The molecular formula is C13H9FN6. The number of nitrogen functional groups attached to an aromatic ring is 1. The minimum absolute atomic E-state index is 0.290. The van der Waals surface area contributed by atoms with Crippen LogP contribution in [0.2, 0.25) is 0 Å². The Bertz CT molecular complexity index is 938. The van der Waals surface area contributed by atoms with Gasteiger partial charge in [0.1, 0.15) is 17.8 Å². The van der Waals surface area contributed by atoms with Crippen molar-refractivity contribution in [1.82, 2.24) is 24.3 Å². The molecule has 98 valence electrons. The lowest BCUT2D eigenvalue weighted by molar-refractivity contribution is 0.630. The number of halogens is 1. The number of aromatic nitrogens is 5. The fraction of sp³-hybridized carbons (Fsp3) is 0. The van der Waals surface area contributed by atoms with E-state index in [-0.39, 0.29) is 5.65 Å². The van der Waals surface area contributed by atoms with Gasteiger partial charge in [-0.15, -0.1) is 0 Å². The van der Waals surface area contributed by atoms with Crippen LogP contribution >= 0.6 is 0 Å². The summed E-state index contributed by atoms with van der Waals surface area (Å²) in [6, 6.07) is 1.43. The zero-order valence-corrected chi connectivity index (χ0v) is 10.2. The summed E-state index contributed by atoms with van der Waals surface area (Å²) in [7, 11) is 0. The molecule has 0 radical (unpaired) electrons. The van der Waals surface area contributed by atoms with E-state index in [1.165, 1.54) is 12.4 Å². The van der Waals surface area contributed by atoms with Crippen LogP contribution in [0.5, 0.6) is 0 Å². The molecule has 0 bridgehead atoms. The Morgan fingerprint density at radius 1 is 1.25 bits per heavy atom. The highest BCUT2D eigenvalue weighted by atomic mass is 19.1. The molecule has 7 heteroatoms. The third kappa shape index (κ3) is 1.40. The maximum absolute atomic E-state index is 14.0. The number of pyridine rings is 1. The van der Waals surface area contributed by atoms with Gasteiger partial charge in [-0.25, -0.2) is 19.3 Å². The predicted octanol–water partition coefficient (Wildman–Crippen LogP) is 1.99. The van der Waals surface area contributed by atoms with E-state index in [2.05, 4.69) is 19.9 Å². The summed E-state index contributed by atoms with van der Waals surface area (Å²) in [5, 5.41) is 0.686. The molecule has 6 nitrogen and oxygen atoms in total. The fourth-order valence-corrected chi connectivity index (χ4v) is 2.35. The largest absolute Gasteiger partial charge is 0.383 e. The number of nitrogens with one attached hydrogen (secondary N) is 1. The maximum atomic E-state index is 14.0. The van der Waals surface area contributed by atoms with Gasteiger partial charge >= 0.3 is 0 Å². The molecule has 0 aromatic carbocycles. The lowest BCUT2D eigenvalue weighted by Crippen LogP contribution is -1.94. The highest BCUT2D eigenvalue weighted by molar-refractivity contribution is 6.00. The van der Waals surface area contributed by atoms with Crippen molar-refractivity contribution in [2.45, 2.75) is 0 Å². The van der Waals surface area contributed by atoms with Gasteiger partial charge in [-0.3, -0.25) is 0 Å². The van der Waals surface area contributed by atoms with E-state index in [1.807, 2.05) is 0 Å². The van der Waals surface area contributed by atoms with E-state index in [4.69, 9.17) is 5.73 Å². The number of anilines is 1. The van der Waals surface area contributed by atoms with E-state index in [0.717, 1.165) is 5.56 Å². The monoisotopic (exact) mass is 268 g/mol. The fourth-order valence-electron chi connectivity index (χ4n) is 2.35. The van der Waals surface area contributed by atoms with Crippen LogP contribution in [-0.2, 0) is 0 Å². The Labute approximate surface area is 112 Å². The Morgan fingerprint density at radius 3 is 3.05 bits per heavy atom. The number of nitrogens with zero attached hydrogens (tertiary/aromatic N) is 4. The Hall–Kier alpha value is -2.96. The van der Waals surface area contributed by atoms with Crippen molar-refractivity contribution >= 4 is 22.5 Å². The van der Waals surface area contributed by atoms with Gasteiger partial charge in [0.25, 0.3) is 0 Å². The summed E-state index contributed by atoms with van der Waals surface area (Å²) in [6.45, 7) is 0. The molecule has 0 aliphatic carbocycles. The van der Waals surface area contributed by atoms with Crippen molar-refractivity contribution < 1.29 is 4.39 Å². The predicted molar refractivity (Wildman–Crippen MR) is 72.4 cm³/mol. The van der Waals surface area contributed by atoms with Gasteiger partial charge in [-0.1, -0.05) is 0 Å². The molecule has 4 aromatic rings. The second kappa shape index (κ2) is 3.77. The van der Waals surface area contributed by atoms with Crippen molar-refractivity contribution in [2.24, 2.45) is 0 Å². The highest BCUT2D eigenvalue weighted by Crippen LogP contribution is 2.31. The molecule has 3 N–H and O–H groups in total. The van der Waals surface area contributed by atoms with E-state index >= 15 is 0 Å². The molecule has 0 amide bonds. The second-order valence-corrected chi connectivity index (χ2v) is 4.42. The molecule has 0 spiro atoms. The minimum Gasteiger partial charge on any atom is -0.383 e. The number of hydrogen-bond acceptors (Lipinski definition) is 4. The Kier molecular flexibility index (Phi) is 2.06. The van der Waals surface area contributed by atoms with Crippen LogP contribution in [0.4, 0.5) is 10.2 Å². The lowest BCUT2D eigenvalue weighted by Gasteiger charge is -2.03. The molecule has 0 aliphatic rings. The van der Waals surface area contributed by atoms with Crippen LogP contribution in [0.15, 0.2) is 37.2 Å². The summed E-state index contributed by atoms with van der Waals surface area (Å²) in [5.74, 6) is -0.0327. The number of aromatic amines is 1. The summed E-state index contributed by atoms with van der Waals surface area (Å²) >= 11 is 0. The topological polar surface area (TPSA) is 84.9 Å². The van der Waals surface area contributed by atoms with Crippen molar-refractivity contribution in [2.75, 3.05) is 5.73 Å². The number of H-pyrrole nitrogens is 1. The smallest absolute Gasteiger partial charge is 0.173 e. The zero-order chi connectivity index (χ0) is 13.7. The number of hydrogen-bond donors (Lipinski definition) is 2. The lowest BCUT2D eigenvalue weighted by atomic mass is 10.1. The normalized spacial score (nSPS) is 11.4. The van der Waals surface area contributed by atoms with Crippen molar-refractivity contribution in [1.29, 1.82) is 0 Å². The molecule has 0 saturated heterocycles. The van der Waals surface area contributed by atoms with Crippen molar-refractivity contribution in [3.05, 3.63) is 43.0 Å². The van der Waals surface area contributed by atoms with Crippen molar-refractivity contribution in [3.63, 3.8) is 0 Å². The number of imidazole rings is 1. The summed E-state index contributed by atoms with van der Waals surface area (Å²) in [5.41, 5.74) is 8.24. The summed E-state index contributed by atoms with van der Waals surface area (Å²) in [6.07, 6.45) is 8.16.